The van der Waals surface area contributed by atoms with Crippen LogP contribution in [-0.4, -0.2) is 52.7 Å². The summed E-state index contributed by atoms with van der Waals surface area (Å²) in [5, 5.41) is 21.1. The monoisotopic (exact) mass is 318 g/mol. The van der Waals surface area contributed by atoms with Crippen LogP contribution in [0, 0.1) is 5.92 Å². The number of allylic oxidation sites excluding steroid dienone is 1. The molecule has 4 nitrogen and oxygen atoms in total. The van der Waals surface area contributed by atoms with E-state index in [4.69, 9.17) is 21.1 Å². The average Bonchev–Trinajstić information content (AvgIpc) is 3.10. The minimum Gasteiger partial charge on any atom is -0.390 e. The van der Waals surface area contributed by atoms with Crippen molar-refractivity contribution in [1.82, 2.24) is 0 Å². The number of alkyl halides is 1. The van der Waals surface area contributed by atoms with Crippen LogP contribution in [0.15, 0.2) is 11.6 Å². The molecular weight excluding hydrogens is 292 g/mol. The van der Waals surface area contributed by atoms with Crippen LogP contribution in [0.25, 0.3) is 0 Å². The number of rotatable bonds is 5. The lowest BCUT2D eigenvalue weighted by molar-refractivity contribution is -0.170. The Labute approximate surface area is 132 Å². The van der Waals surface area contributed by atoms with Crippen molar-refractivity contribution < 1.29 is 19.7 Å². The zero-order valence-electron chi connectivity index (χ0n) is 13.3. The molecule has 0 spiro atoms. The van der Waals surface area contributed by atoms with Gasteiger partial charge in [0.2, 0.25) is 0 Å². The Hall–Kier alpha value is -0.130. The second kappa shape index (κ2) is 6.17. The highest BCUT2D eigenvalue weighted by atomic mass is 35.5. The second-order valence-electron chi connectivity index (χ2n) is 6.83. The van der Waals surface area contributed by atoms with Gasteiger partial charge in [0, 0.05) is 13.0 Å². The number of aliphatic hydroxyl groups excluding tert-OH is 1. The first-order valence-corrected chi connectivity index (χ1v) is 8.12. The molecule has 0 aromatic heterocycles. The molecule has 2 fully saturated rings. The number of hydrogen-bond acceptors (Lipinski definition) is 4. The number of ether oxygens (including phenoxy) is 2. The molecular formula is C16H27ClO4. The summed E-state index contributed by atoms with van der Waals surface area (Å²) in [7, 11) is 1.57. The Kier molecular flexibility index (Phi) is 5.06. The van der Waals surface area contributed by atoms with Crippen molar-refractivity contribution in [2.45, 2.75) is 69.5 Å². The first-order valence-electron chi connectivity index (χ1n) is 7.59. The van der Waals surface area contributed by atoms with Crippen LogP contribution >= 0.6 is 11.6 Å². The number of methoxy groups -OCH3 is 1. The Morgan fingerprint density at radius 2 is 2.14 bits per heavy atom. The van der Waals surface area contributed by atoms with Crippen LogP contribution in [0.1, 0.15) is 40.0 Å². The lowest BCUT2D eigenvalue weighted by atomic mass is 9.66. The van der Waals surface area contributed by atoms with Crippen molar-refractivity contribution in [3.8, 4) is 0 Å². The zero-order chi connectivity index (χ0) is 15.8. The van der Waals surface area contributed by atoms with Gasteiger partial charge in [-0.25, -0.2) is 0 Å². The predicted molar refractivity (Wildman–Crippen MR) is 82.5 cm³/mol. The van der Waals surface area contributed by atoms with Crippen LogP contribution in [-0.2, 0) is 9.47 Å². The number of hydrogen-bond donors (Lipinski definition) is 2. The summed E-state index contributed by atoms with van der Waals surface area (Å²) in [5.41, 5.74) is -0.319. The molecule has 0 radical (unpaired) electrons. The Morgan fingerprint density at radius 3 is 2.67 bits per heavy atom. The van der Waals surface area contributed by atoms with Gasteiger partial charge in [-0.2, -0.15) is 0 Å². The van der Waals surface area contributed by atoms with Gasteiger partial charge in [-0.15, -0.1) is 11.6 Å². The molecule has 2 rings (SSSR count). The first-order chi connectivity index (χ1) is 9.78. The first kappa shape index (κ1) is 17.2. The molecule has 6 atom stereocenters. The van der Waals surface area contributed by atoms with E-state index in [1.807, 2.05) is 6.92 Å². The van der Waals surface area contributed by atoms with Crippen LogP contribution in [0.5, 0.6) is 0 Å². The van der Waals surface area contributed by atoms with E-state index in [9.17, 15) is 10.2 Å². The molecule has 0 unspecified atom stereocenters. The summed E-state index contributed by atoms with van der Waals surface area (Å²) in [5.74, 6) is -0.203. The van der Waals surface area contributed by atoms with Gasteiger partial charge in [-0.3, -0.25) is 0 Å². The quantitative estimate of drug-likeness (QED) is 0.464. The largest absolute Gasteiger partial charge is 0.390 e. The van der Waals surface area contributed by atoms with E-state index in [0.29, 0.717) is 12.8 Å². The Morgan fingerprint density at radius 1 is 1.48 bits per heavy atom. The van der Waals surface area contributed by atoms with Gasteiger partial charge in [0.15, 0.2) is 0 Å². The summed E-state index contributed by atoms with van der Waals surface area (Å²) in [6, 6.07) is 0. The highest BCUT2D eigenvalue weighted by molar-refractivity contribution is 6.18. The van der Waals surface area contributed by atoms with Gasteiger partial charge >= 0.3 is 0 Å². The van der Waals surface area contributed by atoms with E-state index in [1.165, 1.54) is 5.57 Å². The second-order valence-corrected chi connectivity index (χ2v) is 7.10. The van der Waals surface area contributed by atoms with Gasteiger partial charge in [-0.05, 0) is 40.0 Å². The van der Waals surface area contributed by atoms with Crippen LogP contribution in [0.2, 0.25) is 0 Å². The van der Waals surface area contributed by atoms with Crippen LogP contribution in [0.4, 0.5) is 0 Å². The fraction of sp³-hybridized carbons (Fsp3) is 0.875. The number of epoxide rings is 1. The van der Waals surface area contributed by atoms with E-state index in [2.05, 4.69) is 19.9 Å². The highest BCUT2D eigenvalue weighted by Crippen LogP contribution is 2.54. The SMILES string of the molecule is CO[C@@H]1[C@H](O)CC[C@](O)(CCl)[C@@H]1[C@]1(C)O[C@H]1CC=C(C)C. The maximum Gasteiger partial charge on any atom is 0.100 e. The van der Waals surface area contributed by atoms with E-state index in [-0.39, 0.29) is 17.9 Å². The molecule has 0 aromatic rings. The molecule has 5 heteroatoms. The lowest BCUT2D eigenvalue weighted by Crippen LogP contribution is -2.60. The van der Waals surface area contributed by atoms with Crippen molar-refractivity contribution >= 4 is 11.6 Å². The molecule has 122 valence electrons. The fourth-order valence-corrected chi connectivity index (χ4v) is 4.02. The third-order valence-electron chi connectivity index (χ3n) is 5.00. The summed E-state index contributed by atoms with van der Waals surface area (Å²) in [6.07, 6.45) is 2.90. The highest BCUT2D eigenvalue weighted by Gasteiger charge is 2.66. The van der Waals surface area contributed by atoms with E-state index in [0.717, 1.165) is 6.42 Å². The average molecular weight is 319 g/mol. The van der Waals surface area contributed by atoms with Gasteiger partial charge in [-0.1, -0.05) is 11.6 Å². The smallest absolute Gasteiger partial charge is 0.100 e. The molecule has 1 saturated heterocycles. The predicted octanol–water partition coefficient (Wildman–Crippen LogP) is 2.26. The number of halogens is 1. The standard InChI is InChI=1S/C16H27ClO4/c1-10(2)5-6-12-15(3,21-12)14-13(20-4)11(18)7-8-16(14,19)9-17/h5,11-14,18-19H,6-9H2,1-4H3/t11-,12+,13-,14+,15-,16+/m1/s1. The van der Waals surface area contributed by atoms with E-state index in [1.54, 1.807) is 7.11 Å². The fourth-order valence-electron chi connectivity index (χ4n) is 3.72. The van der Waals surface area contributed by atoms with Crippen LogP contribution in [0.3, 0.4) is 0 Å². The topological polar surface area (TPSA) is 62.2 Å². The summed E-state index contributed by atoms with van der Waals surface area (Å²) >= 11 is 6.04. The molecule has 1 heterocycles. The molecule has 0 aromatic carbocycles. The molecule has 0 bridgehead atoms. The lowest BCUT2D eigenvalue weighted by Gasteiger charge is -2.47. The van der Waals surface area contributed by atoms with Crippen molar-refractivity contribution in [2.24, 2.45) is 5.92 Å². The van der Waals surface area contributed by atoms with Gasteiger partial charge in [0.1, 0.15) is 5.60 Å². The van der Waals surface area contributed by atoms with Crippen molar-refractivity contribution in [3.05, 3.63) is 11.6 Å². The van der Waals surface area contributed by atoms with Crippen molar-refractivity contribution in [1.29, 1.82) is 0 Å². The molecule has 1 aliphatic heterocycles. The zero-order valence-corrected chi connectivity index (χ0v) is 14.1. The maximum atomic E-state index is 10.9. The van der Waals surface area contributed by atoms with E-state index < -0.39 is 23.4 Å². The van der Waals surface area contributed by atoms with Gasteiger partial charge in [0.25, 0.3) is 0 Å². The molecule has 21 heavy (non-hydrogen) atoms. The molecule has 1 saturated carbocycles. The Bertz CT molecular complexity index is 409. The van der Waals surface area contributed by atoms with E-state index >= 15 is 0 Å². The maximum absolute atomic E-state index is 10.9. The number of aliphatic hydroxyl groups is 2. The molecule has 1 aliphatic carbocycles. The normalized spacial score (nSPS) is 46.2. The van der Waals surface area contributed by atoms with Gasteiger partial charge in [0.05, 0.1) is 29.8 Å². The minimum absolute atomic E-state index is 0.0371. The van der Waals surface area contributed by atoms with Gasteiger partial charge < -0.3 is 19.7 Å². The van der Waals surface area contributed by atoms with Crippen molar-refractivity contribution in [3.63, 3.8) is 0 Å². The molecule has 0 amide bonds. The third-order valence-corrected chi connectivity index (χ3v) is 5.46. The summed E-state index contributed by atoms with van der Waals surface area (Å²) in [4.78, 5) is 0. The summed E-state index contributed by atoms with van der Waals surface area (Å²) < 4.78 is 11.4. The summed E-state index contributed by atoms with van der Waals surface area (Å²) in [6.45, 7) is 6.09. The molecule has 2 aliphatic rings. The van der Waals surface area contributed by atoms with Crippen molar-refractivity contribution in [2.75, 3.05) is 13.0 Å². The molecule has 2 N–H and O–H groups in total. The van der Waals surface area contributed by atoms with Crippen LogP contribution < -0.4 is 0 Å². The Balaban J connectivity index is 2.22. The third kappa shape index (κ3) is 3.15. The minimum atomic E-state index is -1.06.